The minimum atomic E-state index is -1.19. The number of carboxylic acid groups (broad SMARTS) is 1. The lowest BCUT2D eigenvalue weighted by molar-refractivity contribution is -0.145. The van der Waals surface area contributed by atoms with Gasteiger partial charge in [0, 0.05) is 20.1 Å². The van der Waals surface area contributed by atoms with Crippen molar-refractivity contribution in [2.75, 3.05) is 33.8 Å². The van der Waals surface area contributed by atoms with E-state index in [0.29, 0.717) is 0 Å². The molecule has 1 atom stereocenters. The first-order valence-corrected chi connectivity index (χ1v) is 5.95. The Hall–Kier alpha value is -2.32. The molecule has 1 fully saturated rings. The first kappa shape index (κ1) is 15.7. The van der Waals surface area contributed by atoms with Crippen LogP contribution in [0.25, 0.3) is 0 Å². The Morgan fingerprint density at radius 2 is 2.15 bits per heavy atom. The van der Waals surface area contributed by atoms with Crippen LogP contribution in [0.1, 0.15) is 6.42 Å². The molecule has 0 radical (unpaired) electrons. The molecule has 1 unspecified atom stereocenters. The summed E-state index contributed by atoms with van der Waals surface area (Å²) in [7, 11) is 2.66. The fourth-order valence-electron chi connectivity index (χ4n) is 1.74. The highest BCUT2D eigenvalue weighted by Crippen LogP contribution is 2.08. The minimum absolute atomic E-state index is 0.00346. The molecule has 0 saturated carbocycles. The van der Waals surface area contributed by atoms with Crippen molar-refractivity contribution >= 4 is 23.9 Å². The maximum atomic E-state index is 12.1. The zero-order chi connectivity index (χ0) is 15.3. The zero-order valence-electron chi connectivity index (χ0n) is 11.3. The van der Waals surface area contributed by atoms with Crippen molar-refractivity contribution in [3.05, 3.63) is 0 Å². The second-order valence-electron chi connectivity index (χ2n) is 4.32. The van der Waals surface area contributed by atoms with Crippen molar-refractivity contribution in [2.45, 2.75) is 12.5 Å². The Morgan fingerprint density at radius 1 is 1.50 bits per heavy atom. The van der Waals surface area contributed by atoms with E-state index in [2.05, 4.69) is 10.1 Å². The van der Waals surface area contributed by atoms with Gasteiger partial charge in [-0.2, -0.15) is 0 Å². The van der Waals surface area contributed by atoms with Crippen molar-refractivity contribution in [1.29, 1.82) is 0 Å². The monoisotopic (exact) mass is 287 g/mol. The SMILES string of the molecule is COC(=O)CCN(C)C(=O)N1CC(=O)NCC1C(=O)O. The van der Waals surface area contributed by atoms with Crippen molar-refractivity contribution in [1.82, 2.24) is 15.1 Å². The molecule has 1 aliphatic heterocycles. The van der Waals surface area contributed by atoms with Crippen molar-refractivity contribution in [3.63, 3.8) is 0 Å². The smallest absolute Gasteiger partial charge is 0.328 e. The molecule has 1 heterocycles. The second-order valence-corrected chi connectivity index (χ2v) is 4.32. The molecule has 2 N–H and O–H groups in total. The highest BCUT2D eigenvalue weighted by Gasteiger charge is 2.36. The molecule has 0 aromatic carbocycles. The number of amides is 3. The number of nitrogens with one attached hydrogen (secondary N) is 1. The lowest BCUT2D eigenvalue weighted by Crippen LogP contribution is -2.61. The van der Waals surface area contributed by atoms with E-state index in [4.69, 9.17) is 5.11 Å². The van der Waals surface area contributed by atoms with Crippen LogP contribution in [0.2, 0.25) is 0 Å². The molecule has 1 rings (SSSR count). The summed E-state index contributed by atoms with van der Waals surface area (Å²) in [5.74, 6) is -2.09. The van der Waals surface area contributed by atoms with Gasteiger partial charge < -0.3 is 20.1 Å². The number of urea groups is 1. The number of esters is 1. The van der Waals surface area contributed by atoms with E-state index in [1.54, 1.807) is 0 Å². The van der Waals surface area contributed by atoms with Gasteiger partial charge in [0.25, 0.3) is 0 Å². The number of hydrogen-bond donors (Lipinski definition) is 2. The summed E-state index contributed by atoms with van der Waals surface area (Å²) in [5, 5.41) is 11.4. The number of aliphatic carboxylic acids is 1. The van der Waals surface area contributed by atoms with E-state index in [-0.39, 0.29) is 26.1 Å². The highest BCUT2D eigenvalue weighted by atomic mass is 16.5. The van der Waals surface area contributed by atoms with Gasteiger partial charge in [-0.1, -0.05) is 0 Å². The number of piperazine rings is 1. The quantitative estimate of drug-likeness (QED) is 0.607. The van der Waals surface area contributed by atoms with E-state index in [9.17, 15) is 19.2 Å². The van der Waals surface area contributed by atoms with E-state index < -0.39 is 29.9 Å². The summed E-state index contributed by atoms with van der Waals surface area (Å²) < 4.78 is 4.45. The van der Waals surface area contributed by atoms with Crippen LogP contribution in [-0.2, 0) is 19.1 Å². The summed E-state index contributed by atoms with van der Waals surface area (Å²) in [6, 6.07) is -1.73. The molecular formula is C11H17N3O6. The Morgan fingerprint density at radius 3 is 2.70 bits per heavy atom. The molecule has 1 saturated heterocycles. The van der Waals surface area contributed by atoms with Crippen LogP contribution in [0.5, 0.6) is 0 Å². The van der Waals surface area contributed by atoms with E-state index in [0.717, 1.165) is 4.90 Å². The summed E-state index contributed by atoms with van der Waals surface area (Å²) in [5.41, 5.74) is 0. The third-order valence-electron chi connectivity index (χ3n) is 2.92. The summed E-state index contributed by atoms with van der Waals surface area (Å²) in [4.78, 5) is 47.6. The molecule has 9 heteroatoms. The molecule has 112 valence electrons. The third kappa shape index (κ3) is 3.84. The number of hydrogen-bond acceptors (Lipinski definition) is 5. The molecule has 9 nitrogen and oxygen atoms in total. The molecule has 1 aliphatic rings. The molecule has 0 aromatic heterocycles. The second kappa shape index (κ2) is 6.73. The number of rotatable bonds is 4. The topological polar surface area (TPSA) is 116 Å². The van der Waals surface area contributed by atoms with Crippen LogP contribution in [0.15, 0.2) is 0 Å². The Bertz CT molecular complexity index is 424. The van der Waals surface area contributed by atoms with Crippen LogP contribution < -0.4 is 5.32 Å². The molecule has 0 aliphatic carbocycles. The molecule has 20 heavy (non-hydrogen) atoms. The van der Waals surface area contributed by atoms with E-state index >= 15 is 0 Å². The standard InChI is InChI=1S/C11H17N3O6/c1-13(4-3-9(16)20-2)11(19)14-6-8(15)12-5-7(14)10(17)18/h7H,3-6H2,1-2H3,(H,12,15)(H,17,18). The largest absolute Gasteiger partial charge is 0.480 e. The Kier molecular flexibility index (Phi) is 5.30. The summed E-state index contributed by atoms with van der Waals surface area (Å²) >= 11 is 0. The van der Waals surface area contributed by atoms with Crippen LogP contribution in [0.3, 0.4) is 0 Å². The van der Waals surface area contributed by atoms with Crippen LogP contribution >= 0.6 is 0 Å². The number of carboxylic acids is 1. The van der Waals surface area contributed by atoms with Crippen LogP contribution in [0, 0.1) is 0 Å². The first-order valence-electron chi connectivity index (χ1n) is 5.95. The Balaban J connectivity index is 2.68. The maximum absolute atomic E-state index is 12.1. The lowest BCUT2D eigenvalue weighted by Gasteiger charge is -2.35. The van der Waals surface area contributed by atoms with Gasteiger partial charge in [0.1, 0.15) is 12.6 Å². The van der Waals surface area contributed by atoms with Crippen molar-refractivity contribution < 1.29 is 29.0 Å². The van der Waals surface area contributed by atoms with Crippen LogP contribution in [-0.4, -0.2) is 78.6 Å². The lowest BCUT2D eigenvalue weighted by atomic mass is 10.2. The maximum Gasteiger partial charge on any atom is 0.328 e. The predicted octanol–water partition coefficient (Wildman–Crippen LogP) is -1.51. The number of methoxy groups -OCH3 is 1. The van der Waals surface area contributed by atoms with Gasteiger partial charge in [0.15, 0.2) is 0 Å². The Labute approximate surface area is 115 Å². The van der Waals surface area contributed by atoms with Gasteiger partial charge in [-0.15, -0.1) is 0 Å². The van der Waals surface area contributed by atoms with Crippen molar-refractivity contribution in [2.24, 2.45) is 0 Å². The molecule has 0 spiro atoms. The fraction of sp³-hybridized carbons (Fsp3) is 0.636. The van der Waals surface area contributed by atoms with Gasteiger partial charge in [0.2, 0.25) is 5.91 Å². The predicted molar refractivity (Wildman–Crippen MR) is 65.8 cm³/mol. The fourth-order valence-corrected chi connectivity index (χ4v) is 1.74. The summed E-state index contributed by atoms with van der Waals surface area (Å²) in [6.45, 7) is -0.376. The van der Waals surface area contributed by atoms with E-state index in [1.807, 2.05) is 0 Å². The first-order chi connectivity index (χ1) is 9.36. The average molecular weight is 287 g/mol. The average Bonchev–Trinajstić information content (AvgIpc) is 2.42. The number of nitrogens with zero attached hydrogens (tertiary/aromatic N) is 2. The van der Waals surface area contributed by atoms with Crippen molar-refractivity contribution in [3.8, 4) is 0 Å². The van der Waals surface area contributed by atoms with Gasteiger partial charge in [-0.05, 0) is 0 Å². The highest BCUT2D eigenvalue weighted by molar-refractivity contribution is 5.90. The number of carbonyl (C=O) groups excluding carboxylic acids is 3. The summed E-state index contributed by atoms with van der Waals surface area (Å²) in [6.07, 6.45) is -0.00346. The molecule has 3 amide bonds. The number of carbonyl (C=O) groups is 4. The molecule has 0 bridgehead atoms. The number of ether oxygens (including phenoxy) is 1. The zero-order valence-corrected chi connectivity index (χ0v) is 11.3. The van der Waals surface area contributed by atoms with Gasteiger partial charge >= 0.3 is 18.0 Å². The van der Waals surface area contributed by atoms with Crippen LogP contribution in [0.4, 0.5) is 4.79 Å². The van der Waals surface area contributed by atoms with E-state index in [1.165, 1.54) is 19.1 Å². The van der Waals surface area contributed by atoms with Gasteiger partial charge in [0.05, 0.1) is 13.5 Å². The third-order valence-corrected chi connectivity index (χ3v) is 2.92. The van der Waals surface area contributed by atoms with Gasteiger partial charge in [-0.3, -0.25) is 14.5 Å². The molecular weight excluding hydrogens is 270 g/mol. The minimum Gasteiger partial charge on any atom is -0.480 e. The van der Waals surface area contributed by atoms with Gasteiger partial charge in [-0.25, -0.2) is 9.59 Å². The molecule has 0 aromatic rings. The normalized spacial score (nSPS) is 18.2.